The summed E-state index contributed by atoms with van der Waals surface area (Å²) in [5.74, 6) is 1.06. The molecule has 0 saturated carbocycles. The molecule has 0 unspecified atom stereocenters. The molecule has 0 bridgehead atoms. The van der Waals surface area contributed by atoms with E-state index in [-0.39, 0.29) is 0 Å². The van der Waals surface area contributed by atoms with Crippen LogP contribution in [0.1, 0.15) is 12.5 Å². The number of nitrogens with zero attached hydrogens (tertiary/aromatic N) is 4. The summed E-state index contributed by atoms with van der Waals surface area (Å²) >= 11 is 0. The second-order valence-corrected chi connectivity index (χ2v) is 6.49. The lowest BCUT2D eigenvalue weighted by Gasteiger charge is -2.15. The van der Waals surface area contributed by atoms with Crippen molar-refractivity contribution < 1.29 is 0 Å². The van der Waals surface area contributed by atoms with Crippen molar-refractivity contribution in [2.24, 2.45) is 19.2 Å². The highest BCUT2D eigenvalue weighted by Gasteiger charge is 2.10. The highest BCUT2D eigenvalue weighted by Crippen LogP contribution is 2.29. The largest absolute Gasteiger partial charge is 0.344 e. The number of para-hydroxylation sites is 1. The van der Waals surface area contributed by atoms with Gasteiger partial charge >= 0.3 is 0 Å². The number of aryl methyl sites for hydroxylation is 2. The molecule has 0 aliphatic carbocycles. The Morgan fingerprint density at radius 1 is 0.920 bits per heavy atom. The van der Waals surface area contributed by atoms with Gasteiger partial charge < -0.3 is 9.13 Å². The van der Waals surface area contributed by atoms with Gasteiger partial charge in [0, 0.05) is 49.1 Å². The first-order valence-electron chi connectivity index (χ1n) is 8.44. The van der Waals surface area contributed by atoms with Crippen LogP contribution in [0.4, 0.5) is 5.82 Å². The van der Waals surface area contributed by atoms with Crippen LogP contribution in [0.2, 0.25) is 0 Å². The van der Waals surface area contributed by atoms with E-state index in [1.54, 1.807) is 0 Å². The summed E-state index contributed by atoms with van der Waals surface area (Å²) in [6, 6.07) is 19.2. The summed E-state index contributed by atoms with van der Waals surface area (Å²) in [4.78, 5) is 0. The van der Waals surface area contributed by atoms with E-state index >= 15 is 0 Å². The number of fused-ring (bicyclic) bond motifs is 3. The van der Waals surface area contributed by atoms with Crippen LogP contribution >= 0.6 is 0 Å². The van der Waals surface area contributed by atoms with Crippen LogP contribution in [-0.4, -0.2) is 21.9 Å². The minimum absolute atomic E-state index is 0.999. The minimum atomic E-state index is 0.999. The molecule has 4 rings (SSSR count). The normalized spacial score (nSPS) is 12.2. The van der Waals surface area contributed by atoms with Crippen LogP contribution in [0.15, 0.2) is 65.9 Å². The molecule has 126 valence electrons. The molecule has 2 aromatic heterocycles. The Morgan fingerprint density at radius 2 is 1.68 bits per heavy atom. The van der Waals surface area contributed by atoms with E-state index in [1.165, 1.54) is 21.8 Å². The molecule has 0 aliphatic heterocycles. The number of hydrogen-bond acceptors (Lipinski definition) is 2. The quantitative estimate of drug-likeness (QED) is 0.400. The van der Waals surface area contributed by atoms with Crippen LogP contribution in [0.3, 0.4) is 0 Å². The molecule has 0 fully saturated rings. The maximum absolute atomic E-state index is 4.77. The zero-order valence-corrected chi connectivity index (χ0v) is 15.1. The molecule has 0 atom stereocenters. The van der Waals surface area contributed by atoms with Crippen LogP contribution in [0, 0.1) is 0 Å². The molecule has 4 aromatic rings. The highest BCUT2D eigenvalue weighted by molar-refractivity contribution is 6.11. The zero-order valence-electron chi connectivity index (χ0n) is 15.1. The molecule has 4 heteroatoms. The van der Waals surface area contributed by atoms with Crippen LogP contribution in [0.5, 0.6) is 0 Å². The molecule has 25 heavy (non-hydrogen) atoms. The average molecular weight is 330 g/mol. The molecule has 0 radical (unpaired) electrons. The van der Waals surface area contributed by atoms with Gasteiger partial charge in [0.25, 0.3) is 0 Å². The Morgan fingerprint density at radius 3 is 2.44 bits per heavy atom. The summed E-state index contributed by atoms with van der Waals surface area (Å²) < 4.78 is 4.31. The van der Waals surface area contributed by atoms with E-state index in [1.807, 2.05) is 31.4 Å². The third-order valence-electron chi connectivity index (χ3n) is 4.88. The summed E-state index contributed by atoms with van der Waals surface area (Å²) in [7, 11) is 6.13. The Balaban J connectivity index is 1.80. The van der Waals surface area contributed by atoms with E-state index in [0.29, 0.717) is 0 Å². The first kappa shape index (κ1) is 15.5. The Hall–Kier alpha value is -3.01. The van der Waals surface area contributed by atoms with Gasteiger partial charge in [0.15, 0.2) is 0 Å². The summed E-state index contributed by atoms with van der Waals surface area (Å²) in [6.07, 6.45) is 2.03. The lowest BCUT2D eigenvalue weighted by atomic mass is 10.1. The molecule has 0 aliphatic rings. The second kappa shape index (κ2) is 5.81. The van der Waals surface area contributed by atoms with E-state index < -0.39 is 0 Å². The summed E-state index contributed by atoms with van der Waals surface area (Å²) in [5, 5.41) is 9.24. The van der Waals surface area contributed by atoms with Crippen molar-refractivity contribution in [1.82, 2.24) is 9.13 Å². The minimum Gasteiger partial charge on any atom is -0.344 e. The first-order chi connectivity index (χ1) is 12.1. The van der Waals surface area contributed by atoms with Crippen molar-refractivity contribution in [2.75, 3.05) is 12.1 Å². The first-order valence-corrected chi connectivity index (χ1v) is 8.44. The van der Waals surface area contributed by atoms with E-state index in [0.717, 1.165) is 17.1 Å². The van der Waals surface area contributed by atoms with Crippen molar-refractivity contribution >= 4 is 33.3 Å². The molecule has 2 heterocycles. The van der Waals surface area contributed by atoms with Crippen LogP contribution in [-0.2, 0) is 14.1 Å². The molecule has 0 amide bonds. The van der Waals surface area contributed by atoms with Gasteiger partial charge in [-0.1, -0.05) is 24.3 Å². The number of anilines is 1. The van der Waals surface area contributed by atoms with Crippen molar-refractivity contribution in [3.8, 4) is 0 Å². The molecular weight excluding hydrogens is 308 g/mol. The lowest BCUT2D eigenvalue weighted by Crippen LogP contribution is -2.15. The molecule has 0 N–H and O–H groups in total. The van der Waals surface area contributed by atoms with Crippen molar-refractivity contribution in [1.29, 1.82) is 0 Å². The van der Waals surface area contributed by atoms with Gasteiger partial charge in [-0.05, 0) is 42.8 Å². The number of aromatic nitrogens is 2. The predicted molar refractivity (Wildman–Crippen MR) is 106 cm³/mol. The van der Waals surface area contributed by atoms with E-state index in [2.05, 4.69) is 71.6 Å². The summed E-state index contributed by atoms with van der Waals surface area (Å²) in [6.45, 7) is 2.06. The number of hydrazone groups is 1. The average Bonchev–Trinajstić information content (AvgIpc) is 3.17. The van der Waals surface area contributed by atoms with E-state index in [9.17, 15) is 0 Å². The van der Waals surface area contributed by atoms with Gasteiger partial charge in [0.05, 0.1) is 5.71 Å². The fourth-order valence-electron chi connectivity index (χ4n) is 3.52. The van der Waals surface area contributed by atoms with Gasteiger partial charge in [-0.3, -0.25) is 5.01 Å². The second-order valence-electron chi connectivity index (χ2n) is 6.49. The van der Waals surface area contributed by atoms with Crippen molar-refractivity contribution in [3.63, 3.8) is 0 Å². The van der Waals surface area contributed by atoms with Gasteiger partial charge in [-0.15, -0.1) is 0 Å². The number of rotatable bonds is 3. The fraction of sp³-hybridized carbons (Fsp3) is 0.190. The molecule has 0 saturated heterocycles. The van der Waals surface area contributed by atoms with Gasteiger partial charge in [-0.2, -0.15) is 5.10 Å². The van der Waals surface area contributed by atoms with E-state index in [4.69, 9.17) is 5.10 Å². The van der Waals surface area contributed by atoms with Gasteiger partial charge in [-0.25, -0.2) is 0 Å². The van der Waals surface area contributed by atoms with Gasteiger partial charge in [0.1, 0.15) is 5.82 Å². The third kappa shape index (κ3) is 2.50. The van der Waals surface area contributed by atoms with Crippen LogP contribution < -0.4 is 5.01 Å². The monoisotopic (exact) mass is 330 g/mol. The molecule has 2 aromatic carbocycles. The number of benzene rings is 2. The zero-order chi connectivity index (χ0) is 17.6. The highest BCUT2D eigenvalue weighted by atomic mass is 15.5. The predicted octanol–water partition coefficient (Wildman–Crippen LogP) is 4.53. The maximum Gasteiger partial charge on any atom is 0.128 e. The topological polar surface area (TPSA) is 25.5 Å². The lowest BCUT2D eigenvalue weighted by molar-refractivity contribution is 0.858. The standard InChI is InChI=1S/C21H22N4/c1-15(22-25(4)21-10-7-13-23(21)2)16-11-12-20-18(14-16)17-8-5-6-9-19(17)24(20)3/h5-14H,1-4H3/b22-15-. The fourth-order valence-corrected chi connectivity index (χ4v) is 3.52. The van der Waals surface area contributed by atoms with Crippen LogP contribution in [0.25, 0.3) is 21.8 Å². The maximum atomic E-state index is 4.77. The van der Waals surface area contributed by atoms with Crippen molar-refractivity contribution in [2.45, 2.75) is 6.92 Å². The number of hydrogen-bond donors (Lipinski definition) is 0. The van der Waals surface area contributed by atoms with Gasteiger partial charge in [0.2, 0.25) is 0 Å². The Bertz CT molecular complexity index is 1100. The Kier molecular flexibility index (Phi) is 3.61. The molecule has 0 spiro atoms. The molecular formula is C21H22N4. The SMILES string of the molecule is C/C(=N/N(C)c1cccn1C)c1ccc2c(c1)c1ccccc1n2C. The Labute approximate surface area is 147 Å². The summed E-state index contributed by atoms with van der Waals surface area (Å²) in [5.41, 5.74) is 4.64. The molecule has 4 nitrogen and oxygen atoms in total. The smallest absolute Gasteiger partial charge is 0.128 e. The van der Waals surface area contributed by atoms with Crippen molar-refractivity contribution in [3.05, 3.63) is 66.4 Å². The third-order valence-corrected chi connectivity index (χ3v) is 4.88.